The third-order valence-electron chi connectivity index (χ3n) is 2.81. The molecule has 0 aliphatic heterocycles. The minimum atomic E-state index is -6.16. The van der Waals surface area contributed by atoms with Crippen molar-refractivity contribution in [1.29, 1.82) is 0 Å². The van der Waals surface area contributed by atoms with Crippen molar-refractivity contribution in [3.63, 3.8) is 0 Å². The van der Waals surface area contributed by atoms with E-state index in [0.717, 1.165) is 0 Å². The predicted octanol–water partition coefficient (Wildman–Crippen LogP) is 2.05. The molecule has 0 fully saturated rings. The molecular weight excluding hydrogens is 454 g/mol. The zero-order valence-electron chi connectivity index (χ0n) is 13.7. The molecule has 0 rings (SSSR count). The molecule has 1 unspecified atom stereocenters. The standard InChI is InChI=1S/C12H11F8NO7S/c1-3-21-8(23)10(12(18,19)20,28-7(22)6(2)11(15,16)17)27-5-4-9(13,14)29(24,25)26/h3H,1-2,4-5H2,(H,21,23)(H,24,25,26). The quantitative estimate of drug-likeness (QED) is 0.176. The highest BCUT2D eigenvalue weighted by Gasteiger charge is 2.67. The summed E-state index contributed by atoms with van der Waals surface area (Å²) in [6, 6.07) is 0. The zero-order chi connectivity index (χ0) is 23.5. The first kappa shape index (κ1) is 26.7. The van der Waals surface area contributed by atoms with Crippen LogP contribution in [0.1, 0.15) is 6.42 Å². The summed E-state index contributed by atoms with van der Waals surface area (Å²) in [5.41, 5.74) is -2.51. The Labute approximate surface area is 156 Å². The van der Waals surface area contributed by atoms with E-state index in [1.165, 1.54) is 5.32 Å². The van der Waals surface area contributed by atoms with Crippen LogP contribution in [0.25, 0.3) is 0 Å². The van der Waals surface area contributed by atoms with Crippen molar-refractivity contribution < 1.29 is 67.2 Å². The molecule has 0 heterocycles. The summed E-state index contributed by atoms with van der Waals surface area (Å²) < 4.78 is 140. The fourth-order valence-electron chi connectivity index (χ4n) is 1.35. The highest BCUT2D eigenvalue weighted by atomic mass is 32.2. The highest BCUT2D eigenvalue weighted by molar-refractivity contribution is 7.86. The third kappa shape index (κ3) is 6.36. The van der Waals surface area contributed by atoms with Gasteiger partial charge in [0.15, 0.2) is 0 Å². The van der Waals surface area contributed by atoms with E-state index < -0.39 is 64.0 Å². The number of carbonyl (C=O) groups is 2. The Balaban J connectivity index is 6.04. The molecule has 1 amide bonds. The number of alkyl halides is 8. The van der Waals surface area contributed by atoms with Crippen LogP contribution in [0, 0.1) is 0 Å². The molecule has 17 heteroatoms. The van der Waals surface area contributed by atoms with Gasteiger partial charge in [0.05, 0.1) is 13.0 Å². The number of hydrogen-bond acceptors (Lipinski definition) is 6. The summed E-state index contributed by atoms with van der Waals surface area (Å²) in [6.07, 6.45) is -13.7. The van der Waals surface area contributed by atoms with E-state index in [1.807, 2.05) is 0 Å². The first-order valence-corrected chi connectivity index (χ1v) is 8.14. The Morgan fingerprint density at radius 1 is 1.07 bits per heavy atom. The molecule has 2 N–H and O–H groups in total. The smallest absolute Gasteiger partial charge is 0.412 e. The molecule has 1 atom stereocenters. The molecule has 0 aromatic rings. The minimum Gasteiger partial charge on any atom is -0.412 e. The largest absolute Gasteiger partial charge is 0.466 e. The Hall–Kier alpha value is -2.27. The van der Waals surface area contributed by atoms with Crippen LogP contribution in [0.2, 0.25) is 0 Å². The van der Waals surface area contributed by atoms with Gasteiger partial charge in [-0.25, -0.2) is 4.79 Å². The van der Waals surface area contributed by atoms with Crippen molar-refractivity contribution in [1.82, 2.24) is 5.32 Å². The van der Waals surface area contributed by atoms with E-state index in [4.69, 9.17) is 4.55 Å². The van der Waals surface area contributed by atoms with Crippen LogP contribution in [0.4, 0.5) is 35.1 Å². The van der Waals surface area contributed by atoms with Gasteiger partial charge in [0.25, 0.3) is 0 Å². The lowest BCUT2D eigenvalue weighted by Crippen LogP contribution is -2.61. The molecule has 0 radical (unpaired) electrons. The minimum absolute atomic E-state index is 0.255. The Morgan fingerprint density at radius 2 is 1.55 bits per heavy atom. The molecule has 29 heavy (non-hydrogen) atoms. The number of esters is 1. The van der Waals surface area contributed by atoms with Crippen LogP contribution in [0.15, 0.2) is 24.9 Å². The molecule has 0 bridgehead atoms. The van der Waals surface area contributed by atoms with Crippen molar-refractivity contribution in [2.24, 2.45) is 0 Å². The molecule has 0 aromatic heterocycles. The first-order valence-electron chi connectivity index (χ1n) is 6.70. The third-order valence-corrected chi connectivity index (χ3v) is 3.77. The van der Waals surface area contributed by atoms with Crippen molar-refractivity contribution in [3.8, 4) is 0 Å². The van der Waals surface area contributed by atoms with E-state index >= 15 is 0 Å². The van der Waals surface area contributed by atoms with Crippen molar-refractivity contribution in [2.75, 3.05) is 6.61 Å². The number of halogens is 8. The van der Waals surface area contributed by atoms with E-state index in [-0.39, 0.29) is 6.20 Å². The number of ether oxygens (including phenoxy) is 2. The number of nitrogens with one attached hydrogen (secondary N) is 1. The molecule has 0 saturated heterocycles. The molecule has 0 aromatic carbocycles. The van der Waals surface area contributed by atoms with Crippen LogP contribution in [0.5, 0.6) is 0 Å². The van der Waals surface area contributed by atoms with Gasteiger partial charge >= 0.3 is 45.4 Å². The van der Waals surface area contributed by atoms with Gasteiger partial charge in [-0.3, -0.25) is 9.35 Å². The lowest BCUT2D eigenvalue weighted by Gasteiger charge is -2.33. The van der Waals surface area contributed by atoms with Crippen molar-refractivity contribution in [2.45, 2.75) is 29.8 Å². The molecule has 0 aliphatic carbocycles. The number of hydrogen-bond donors (Lipinski definition) is 2. The fraction of sp³-hybridized carbons (Fsp3) is 0.500. The molecule has 0 spiro atoms. The van der Waals surface area contributed by atoms with Gasteiger partial charge in [0.1, 0.15) is 5.57 Å². The van der Waals surface area contributed by atoms with Crippen LogP contribution < -0.4 is 5.32 Å². The lowest BCUT2D eigenvalue weighted by atomic mass is 10.2. The molecule has 0 aliphatic rings. The van der Waals surface area contributed by atoms with Gasteiger partial charge in [-0.05, 0) is 6.20 Å². The molecular formula is C12H11F8NO7S. The number of amides is 1. The molecule has 0 saturated carbocycles. The summed E-state index contributed by atoms with van der Waals surface area (Å²) in [6.45, 7) is 2.88. The van der Waals surface area contributed by atoms with Crippen LogP contribution in [0.3, 0.4) is 0 Å². The van der Waals surface area contributed by atoms with Gasteiger partial charge in [0.2, 0.25) is 0 Å². The summed E-state index contributed by atoms with van der Waals surface area (Å²) in [7, 11) is -6.12. The predicted molar refractivity (Wildman–Crippen MR) is 75.5 cm³/mol. The fourth-order valence-corrected chi connectivity index (χ4v) is 1.69. The maximum absolute atomic E-state index is 13.4. The maximum Gasteiger partial charge on any atom is 0.466 e. The van der Waals surface area contributed by atoms with Gasteiger partial charge < -0.3 is 14.8 Å². The van der Waals surface area contributed by atoms with Gasteiger partial charge in [-0.1, -0.05) is 13.2 Å². The van der Waals surface area contributed by atoms with E-state index in [2.05, 4.69) is 22.6 Å². The van der Waals surface area contributed by atoms with Crippen molar-refractivity contribution >= 4 is 22.0 Å². The second kappa shape index (κ2) is 8.62. The normalized spacial score (nSPS) is 15.2. The van der Waals surface area contributed by atoms with E-state index in [9.17, 15) is 53.1 Å². The van der Waals surface area contributed by atoms with Gasteiger partial charge in [-0.2, -0.15) is 43.5 Å². The summed E-state index contributed by atoms with van der Waals surface area (Å²) in [4.78, 5) is 23.1. The van der Waals surface area contributed by atoms with Crippen LogP contribution in [-0.2, 0) is 29.2 Å². The number of rotatable bonds is 9. The number of carbonyl (C=O) groups excluding carboxylic acids is 2. The zero-order valence-corrected chi connectivity index (χ0v) is 14.6. The topological polar surface area (TPSA) is 119 Å². The van der Waals surface area contributed by atoms with Crippen molar-refractivity contribution in [3.05, 3.63) is 24.9 Å². The second-order valence-corrected chi connectivity index (χ2v) is 6.42. The molecule has 168 valence electrons. The van der Waals surface area contributed by atoms with Crippen LogP contribution in [-0.4, -0.2) is 54.8 Å². The van der Waals surface area contributed by atoms with E-state index in [1.54, 1.807) is 0 Å². The second-order valence-electron chi connectivity index (χ2n) is 4.87. The average Bonchev–Trinajstić information content (AvgIpc) is 2.49. The van der Waals surface area contributed by atoms with Crippen LogP contribution >= 0.6 is 0 Å². The Kier molecular flexibility index (Phi) is 7.94. The maximum atomic E-state index is 13.4. The monoisotopic (exact) mass is 465 g/mol. The average molecular weight is 465 g/mol. The summed E-state index contributed by atoms with van der Waals surface area (Å²) >= 11 is 0. The first-order chi connectivity index (χ1) is 12.7. The highest BCUT2D eigenvalue weighted by Crippen LogP contribution is 2.38. The lowest BCUT2D eigenvalue weighted by molar-refractivity contribution is -0.348. The Morgan fingerprint density at radius 3 is 1.90 bits per heavy atom. The van der Waals surface area contributed by atoms with Gasteiger partial charge in [0, 0.05) is 0 Å². The Bertz CT molecular complexity index is 774. The molecule has 8 nitrogen and oxygen atoms in total. The van der Waals surface area contributed by atoms with E-state index in [0.29, 0.717) is 0 Å². The SMILES string of the molecule is C=CNC(=O)C(OCCC(F)(F)S(=O)(=O)O)(OC(=O)C(=C)C(F)(F)F)C(F)(F)F. The summed E-state index contributed by atoms with van der Waals surface area (Å²) in [5, 5.41) is -3.88. The van der Waals surface area contributed by atoms with Gasteiger partial charge in [-0.15, -0.1) is 0 Å². The summed E-state index contributed by atoms with van der Waals surface area (Å²) in [5.74, 6) is -10.3.